The van der Waals surface area contributed by atoms with Crippen LogP contribution in [0.25, 0.3) is 0 Å². The number of hydrogen-bond donors (Lipinski definition) is 1. The number of unbranched alkanes of at least 4 members (excludes halogenated alkanes) is 1. The van der Waals surface area contributed by atoms with Crippen LogP contribution in [0.5, 0.6) is 0 Å². The molecule has 0 amide bonds. The molecule has 1 saturated heterocycles. The van der Waals surface area contributed by atoms with Crippen molar-refractivity contribution in [1.82, 2.24) is 0 Å². The molecule has 2 unspecified atom stereocenters. The average Bonchev–Trinajstić information content (AvgIpc) is 2.56. The van der Waals surface area contributed by atoms with Gasteiger partial charge >= 0.3 is 0 Å². The maximum absolute atomic E-state index is 9.58. The first-order valence-corrected chi connectivity index (χ1v) is 4.57. The minimum Gasteiger partial charge on any atom is -0.390 e. The van der Waals surface area contributed by atoms with Crippen molar-refractivity contribution in [2.45, 2.75) is 44.3 Å². The lowest BCUT2D eigenvalue weighted by Crippen LogP contribution is -2.24. The Morgan fingerprint density at radius 1 is 1.67 bits per heavy atom. The van der Waals surface area contributed by atoms with Crippen LogP contribution in [0.3, 0.4) is 0 Å². The van der Waals surface area contributed by atoms with Crippen LogP contribution in [-0.2, 0) is 4.74 Å². The first-order chi connectivity index (χ1) is 5.84. The summed E-state index contributed by atoms with van der Waals surface area (Å²) < 4.78 is 5.34. The molecule has 2 atom stereocenters. The zero-order valence-corrected chi connectivity index (χ0v) is 7.33. The van der Waals surface area contributed by atoms with Crippen LogP contribution in [0, 0.1) is 12.3 Å². The van der Waals surface area contributed by atoms with Gasteiger partial charge in [-0.05, 0) is 25.7 Å². The predicted octanol–water partition coefficient (Wildman–Crippen LogP) is 1.33. The van der Waals surface area contributed by atoms with Crippen LogP contribution in [-0.4, -0.2) is 23.9 Å². The van der Waals surface area contributed by atoms with E-state index in [1.807, 2.05) is 0 Å². The Labute approximate surface area is 73.9 Å². The molecule has 2 heteroatoms. The van der Waals surface area contributed by atoms with Gasteiger partial charge in [0.1, 0.15) is 0 Å². The summed E-state index contributed by atoms with van der Waals surface area (Å²) in [5, 5.41) is 9.58. The van der Waals surface area contributed by atoms with Crippen LogP contribution in [0.1, 0.15) is 32.1 Å². The molecule has 1 N–H and O–H groups in total. The van der Waals surface area contributed by atoms with Gasteiger partial charge in [-0.3, -0.25) is 0 Å². The fourth-order valence-electron chi connectivity index (χ4n) is 1.51. The van der Waals surface area contributed by atoms with Gasteiger partial charge in [0.15, 0.2) is 0 Å². The quantitative estimate of drug-likeness (QED) is 0.507. The van der Waals surface area contributed by atoms with Crippen molar-refractivity contribution in [3.63, 3.8) is 0 Å². The molecule has 2 nitrogen and oxygen atoms in total. The second kappa shape index (κ2) is 5.18. The van der Waals surface area contributed by atoms with Crippen molar-refractivity contribution in [1.29, 1.82) is 0 Å². The highest BCUT2D eigenvalue weighted by molar-refractivity contribution is 4.84. The standard InChI is InChI=1S/C10H16O2/c1-2-3-4-6-9(11)10-7-5-8-12-10/h1,9-11H,3-8H2. The molecular formula is C10H16O2. The van der Waals surface area contributed by atoms with Crippen LogP contribution < -0.4 is 0 Å². The molecule has 0 spiro atoms. The van der Waals surface area contributed by atoms with E-state index in [9.17, 15) is 5.11 Å². The summed E-state index contributed by atoms with van der Waals surface area (Å²) in [4.78, 5) is 0. The van der Waals surface area contributed by atoms with Crippen molar-refractivity contribution in [3.8, 4) is 12.3 Å². The normalized spacial score (nSPS) is 25.2. The Morgan fingerprint density at radius 2 is 2.50 bits per heavy atom. The third-order valence-electron chi connectivity index (χ3n) is 2.22. The van der Waals surface area contributed by atoms with Crippen molar-refractivity contribution >= 4 is 0 Å². The van der Waals surface area contributed by atoms with Gasteiger partial charge in [0.05, 0.1) is 12.2 Å². The van der Waals surface area contributed by atoms with E-state index in [0.29, 0.717) is 0 Å². The van der Waals surface area contributed by atoms with Gasteiger partial charge < -0.3 is 9.84 Å². The van der Waals surface area contributed by atoms with Crippen LogP contribution in [0.15, 0.2) is 0 Å². The molecule has 0 bridgehead atoms. The molecule has 0 aromatic carbocycles. The molecule has 1 aliphatic rings. The molecule has 0 aliphatic carbocycles. The zero-order valence-electron chi connectivity index (χ0n) is 7.33. The summed E-state index contributed by atoms with van der Waals surface area (Å²) in [7, 11) is 0. The number of aliphatic hydroxyl groups excluding tert-OH is 1. The van der Waals surface area contributed by atoms with Crippen molar-refractivity contribution in [2.24, 2.45) is 0 Å². The van der Waals surface area contributed by atoms with E-state index in [0.717, 1.165) is 38.7 Å². The molecule has 1 aliphatic heterocycles. The average molecular weight is 168 g/mol. The van der Waals surface area contributed by atoms with E-state index in [4.69, 9.17) is 11.2 Å². The first kappa shape index (κ1) is 9.57. The van der Waals surface area contributed by atoms with E-state index in [2.05, 4.69) is 5.92 Å². The summed E-state index contributed by atoms with van der Waals surface area (Å²) in [6.07, 6.45) is 9.38. The first-order valence-electron chi connectivity index (χ1n) is 4.57. The lowest BCUT2D eigenvalue weighted by atomic mass is 10.1. The number of hydrogen-bond acceptors (Lipinski definition) is 2. The van der Waals surface area contributed by atoms with E-state index in [1.165, 1.54) is 0 Å². The van der Waals surface area contributed by atoms with E-state index < -0.39 is 0 Å². The molecule has 12 heavy (non-hydrogen) atoms. The summed E-state index contributed by atoms with van der Waals surface area (Å²) in [5.74, 6) is 2.56. The van der Waals surface area contributed by atoms with Crippen molar-refractivity contribution in [2.75, 3.05) is 6.61 Å². The number of aliphatic hydroxyl groups is 1. The minimum atomic E-state index is -0.305. The zero-order chi connectivity index (χ0) is 8.81. The third kappa shape index (κ3) is 2.84. The molecule has 1 fully saturated rings. The smallest absolute Gasteiger partial charge is 0.0834 e. The van der Waals surface area contributed by atoms with Crippen molar-refractivity contribution in [3.05, 3.63) is 0 Å². The van der Waals surface area contributed by atoms with Crippen molar-refractivity contribution < 1.29 is 9.84 Å². The minimum absolute atomic E-state index is 0.0720. The van der Waals surface area contributed by atoms with Gasteiger partial charge in [-0.25, -0.2) is 0 Å². The third-order valence-corrected chi connectivity index (χ3v) is 2.22. The fraction of sp³-hybridized carbons (Fsp3) is 0.800. The summed E-state index contributed by atoms with van der Waals surface area (Å²) >= 11 is 0. The fourth-order valence-corrected chi connectivity index (χ4v) is 1.51. The van der Waals surface area contributed by atoms with Gasteiger partial charge in [-0.2, -0.15) is 0 Å². The number of ether oxygens (including phenoxy) is 1. The Hall–Kier alpha value is -0.520. The SMILES string of the molecule is C#CCCCC(O)C1CCCO1. The highest BCUT2D eigenvalue weighted by atomic mass is 16.5. The van der Waals surface area contributed by atoms with Gasteiger partial charge in [0, 0.05) is 13.0 Å². The molecule has 0 aromatic heterocycles. The molecular weight excluding hydrogens is 152 g/mol. The van der Waals surface area contributed by atoms with Gasteiger partial charge in [0.25, 0.3) is 0 Å². The van der Waals surface area contributed by atoms with Gasteiger partial charge in [0.2, 0.25) is 0 Å². The van der Waals surface area contributed by atoms with Crippen LogP contribution in [0.4, 0.5) is 0 Å². The number of terminal acetylenes is 1. The Morgan fingerprint density at radius 3 is 3.08 bits per heavy atom. The highest BCUT2D eigenvalue weighted by Gasteiger charge is 2.23. The molecule has 0 saturated carbocycles. The maximum atomic E-state index is 9.58. The highest BCUT2D eigenvalue weighted by Crippen LogP contribution is 2.18. The molecule has 0 radical (unpaired) electrons. The lowest BCUT2D eigenvalue weighted by Gasteiger charge is -2.16. The second-order valence-electron chi connectivity index (χ2n) is 3.22. The van der Waals surface area contributed by atoms with Crippen LogP contribution >= 0.6 is 0 Å². The molecule has 1 rings (SSSR count). The Bertz CT molecular complexity index is 154. The maximum Gasteiger partial charge on any atom is 0.0834 e. The van der Waals surface area contributed by atoms with E-state index in [-0.39, 0.29) is 12.2 Å². The molecule has 68 valence electrons. The lowest BCUT2D eigenvalue weighted by molar-refractivity contribution is -0.00589. The van der Waals surface area contributed by atoms with E-state index in [1.54, 1.807) is 0 Å². The van der Waals surface area contributed by atoms with Crippen LogP contribution in [0.2, 0.25) is 0 Å². The topological polar surface area (TPSA) is 29.5 Å². The number of rotatable bonds is 4. The Kier molecular flexibility index (Phi) is 4.13. The van der Waals surface area contributed by atoms with E-state index >= 15 is 0 Å². The monoisotopic (exact) mass is 168 g/mol. The summed E-state index contributed by atoms with van der Waals surface area (Å²) in [6.45, 7) is 0.802. The molecule has 0 aromatic rings. The summed E-state index contributed by atoms with van der Waals surface area (Å²) in [6, 6.07) is 0. The summed E-state index contributed by atoms with van der Waals surface area (Å²) in [5.41, 5.74) is 0. The van der Waals surface area contributed by atoms with Gasteiger partial charge in [-0.15, -0.1) is 12.3 Å². The largest absolute Gasteiger partial charge is 0.390 e. The molecule has 1 heterocycles. The second-order valence-corrected chi connectivity index (χ2v) is 3.22. The van der Waals surface area contributed by atoms with Gasteiger partial charge in [-0.1, -0.05) is 0 Å². The Balaban J connectivity index is 2.10. The predicted molar refractivity (Wildman–Crippen MR) is 47.7 cm³/mol.